The number of carbonyl (C=O) groups is 2. The summed E-state index contributed by atoms with van der Waals surface area (Å²) in [7, 11) is 0. The van der Waals surface area contributed by atoms with Gasteiger partial charge in [0, 0.05) is 44.6 Å². The molecule has 0 atom stereocenters. The van der Waals surface area contributed by atoms with Gasteiger partial charge in [-0.05, 0) is 54.7 Å². The summed E-state index contributed by atoms with van der Waals surface area (Å²) >= 11 is 0. The third-order valence-electron chi connectivity index (χ3n) is 6.62. The van der Waals surface area contributed by atoms with Gasteiger partial charge in [-0.2, -0.15) is 28.1 Å². The number of hydrogen-bond donors (Lipinski definition) is 2. The summed E-state index contributed by atoms with van der Waals surface area (Å²) in [6.45, 7) is 2.68. The van der Waals surface area contributed by atoms with Crippen LogP contribution in [0.5, 0.6) is 11.8 Å². The monoisotopic (exact) mass is 600 g/mol. The number of aromatic nitrogens is 3. The standard InChI is InChI=1S/C30H35F3N6O4/c1-2-26(40)39-15-3-4-17-42-24-12-8-22(9-13-24)19-35-28-36-25(37-29(38-28)43-20-30(31,32)33)18-21-6-10-23(11-7-21)27(41)34-14-5-16-39/h6-13H,2-5,14-20H2,1H3,(H,34,41)(H,35,36,37,38). The van der Waals surface area contributed by atoms with E-state index in [9.17, 15) is 22.8 Å². The second-order valence-electron chi connectivity index (χ2n) is 10.0. The topological polar surface area (TPSA) is 119 Å². The lowest BCUT2D eigenvalue weighted by atomic mass is 10.1. The zero-order valence-corrected chi connectivity index (χ0v) is 24.0. The molecule has 0 saturated heterocycles. The van der Waals surface area contributed by atoms with Gasteiger partial charge in [-0.25, -0.2) is 0 Å². The Bertz CT molecular complexity index is 1350. The Labute approximate surface area is 248 Å². The quantitative estimate of drug-likeness (QED) is 0.450. The summed E-state index contributed by atoms with van der Waals surface area (Å²) in [5.74, 6) is 0.798. The Morgan fingerprint density at radius 1 is 0.953 bits per heavy atom. The van der Waals surface area contributed by atoms with Gasteiger partial charge in [0.1, 0.15) is 11.6 Å². The molecule has 0 aliphatic carbocycles. The molecule has 6 rings (SSSR count). The lowest BCUT2D eigenvalue weighted by molar-refractivity contribution is -0.154. The van der Waals surface area contributed by atoms with E-state index >= 15 is 0 Å². The van der Waals surface area contributed by atoms with Crippen molar-refractivity contribution in [3.8, 4) is 11.8 Å². The van der Waals surface area contributed by atoms with Crippen LogP contribution in [0.15, 0.2) is 48.5 Å². The van der Waals surface area contributed by atoms with Crippen LogP contribution in [0.2, 0.25) is 0 Å². The minimum atomic E-state index is -4.55. The number of alkyl halides is 3. The lowest BCUT2D eigenvalue weighted by Crippen LogP contribution is -2.34. The average Bonchev–Trinajstić information content (AvgIpc) is 2.99. The molecule has 0 unspecified atom stereocenters. The van der Waals surface area contributed by atoms with Gasteiger partial charge >= 0.3 is 12.2 Å². The Balaban J connectivity index is 1.52. The predicted octanol–water partition coefficient (Wildman–Crippen LogP) is 4.55. The first-order valence-corrected chi connectivity index (χ1v) is 14.2. The van der Waals surface area contributed by atoms with Crippen LogP contribution in [-0.2, 0) is 17.8 Å². The van der Waals surface area contributed by atoms with Crippen molar-refractivity contribution in [2.24, 2.45) is 0 Å². The third kappa shape index (κ3) is 10.4. The molecule has 3 aliphatic heterocycles. The van der Waals surface area contributed by atoms with E-state index in [4.69, 9.17) is 9.47 Å². The molecule has 0 radical (unpaired) electrons. The molecule has 3 aromatic rings. The Hall–Kier alpha value is -4.42. The van der Waals surface area contributed by atoms with E-state index in [0.29, 0.717) is 56.9 Å². The van der Waals surface area contributed by atoms with Gasteiger partial charge in [0.2, 0.25) is 11.9 Å². The number of rotatable bonds is 3. The van der Waals surface area contributed by atoms with Crippen LogP contribution in [0.4, 0.5) is 19.1 Å². The highest BCUT2D eigenvalue weighted by atomic mass is 19.4. The van der Waals surface area contributed by atoms with E-state index in [1.807, 2.05) is 36.1 Å². The highest BCUT2D eigenvalue weighted by Crippen LogP contribution is 2.19. The molecule has 4 heterocycles. The molecule has 6 bridgehead atoms. The van der Waals surface area contributed by atoms with Crippen LogP contribution < -0.4 is 20.1 Å². The zero-order chi connectivity index (χ0) is 30.7. The number of benzene rings is 2. The second kappa shape index (κ2) is 15.2. The molecule has 1 aromatic heterocycles. The number of anilines is 1. The zero-order valence-electron chi connectivity index (χ0n) is 24.0. The molecule has 0 spiro atoms. The number of nitrogens with one attached hydrogen (secondary N) is 2. The number of halogens is 3. The summed E-state index contributed by atoms with van der Waals surface area (Å²) < 4.78 is 49.0. The SMILES string of the molecule is CCC(=O)N1CCCCOc2ccc(cc2)CNc2nc(nc(OCC(F)(F)F)n2)Cc2ccc(cc2)C(=O)NCCC1. The van der Waals surface area contributed by atoms with Crippen LogP contribution in [0.3, 0.4) is 0 Å². The highest BCUT2D eigenvalue weighted by Gasteiger charge is 2.29. The van der Waals surface area contributed by atoms with Gasteiger partial charge < -0.3 is 25.0 Å². The molecule has 0 fully saturated rings. The first-order valence-electron chi connectivity index (χ1n) is 14.2. The minimum absolute atomic E-state index is 0.0691. The molecular formula is C30H35F3N6O4. The van der Waals surface area contributed by atoms with Gasteiger partial charge in [0.15, 0.2) is 6.61 Å². The summed E-state index contributed by atoms with van der Waals surface area (Å²) in [5.41, 5.74) is 2.07. The molecule has 10 nitrogen and oxygen atoms in total. The molecular weight excluding hydrogens is 565 g/mol. The van der Waals surface area contributed by atoms with Crippen LogP contribution in [0, 0.1) is 0 Å². The number of nitrogens with zero attached hydrogens (tertiary/aromatic N) is 4. The summed E-state index contributed by atoms with van der Waals surface area (Å²) in [4.78, 5) is 39.3. The normalized spacial score (nSPS) is 15.4. The van der Waals surface area contributed by atoms with Crippen LogP contribution in [0.25, 0.3) is 0 Å². The molecule has 13 heteroatoms. The first-order chi connectivity index (χ1) is 20.7. The molecule has 43 heavy (non-hydrogen) atoms. The van der Waals surface area contributed by atoms with Crippen molar-refractivity contribution in [2.75, 3.05) is 38.2 Å². The van der Waals surface area contributed by atoms with Crippen molar-refractivity contribution in [3.05, 3.63) is 71.0 Å². The Morgan fingerprint density at radius 3 is 2.40 bits per heavy atom. The number of hydrogen-bond acceptors (Lipinski definition) is 8. The van der Waals surface area contributed by atoms with Gasteiger partial charge in [-0.3, -0.25) is 9.59 Å². The average molecular weight is 601 g/mol. The van der Waals surface area contributed by atoms with Gasteiger partial charge in [0.05, 0.1) is 6.61 Å². The molecule has 3 aliphatic rings. The lowest BCUT2D eigenvalue weighted by Gasteiger charge is -2.22. The first kappa shape index (κ1) is 31.5. The molecule has 2 amide bonds. The fourth-order valence-electron chi connectivity index (χ4n) is 4.36. The van der Waals surface area contributed by atoms with Gasteiger partial charge in [0.25, 0.3) is 5.91 Å². The van der Waals surface area contributed by atoms with Crippen molar-refractivity contribution >= 4 is 17.8 Å². The van der Waals surface area contributed by atoms with E-state index in [1.165, 1.54) is 0 Å². The molecule has 2 N–H and O–H groups in total. The fraction of sp³-hybridized carbons (Fsp3) is 0.433. The molecule has 2 aromatic carbocycles. The highest BCUT2D eigenvalue weighted by molar-refractivity contribution is 5.94. The van der Waals surface area contributed by atoms with Crippen molar-refractivity contribution in [3.63, 3.8) is 0 Å². The minimum Gasteiger partial charge on any atom is -0.494 e. The Kier molecular flexibility index (Phi) is 11.1. The molecule has 0 saturated carbocycles. The maximum Gasteiger partial charge on any atom is 0.422 e. The van der Waals surface area contributed by atoms with E-state index < -0.39 is 18.8 Å². The van der Waals surface area contributed by atoms with Crippen molar-refractivity contribution < 1.29 is 32.2 Å². The van der Waals surface area contributed by atoms with Crippen LogP contribution in [-0.4, -0.2) is 70.7 Å². The number of carbonyl (C=O) groups excluding carboxylic acids is 2. The Morgan fingerprint density at radius 2 is 1.67 bits per heavy atom. The van der Waals surface area contributed by atoms with E-state index in [0.717, 1.165) is 24.0 Å². The van der Waals surface area contributed by atoms with Crippen molar-refractivity contribution in [1.82, 2.24) is 25.2 Å². The number of fused-ring (bicyclic) bond motifs is 2. The van der Waals surface area contributed by atoms with Crippen molar-refractivity contribution in [1.29, 1.82) is 0 Å². The van der Waals surface area contributed by atoms with Gasteiger partial charge in [-0.1, -0.05) is 31.2 Å². The predicted molar refractivity (Wildman–Crippen MR) is 153 cm³/mol. The summed E-state index contributed by atoms with van der Waals surface area (Å²) in [6.07, 6.45) is -1.78. The van der Waals surface area contributed by atoms with Crippen LogP contribution in [0.1, 0.15) is 59.9 Å². The number of amides is 2. The largest absolute Gasteiger partial charge is 0.494 e. The van der Waals surface area contributed by atoms with E-state index in [2.05, 4.69) is 25.6 Å². The van der Waals surface area contributed by atoms with E-state index in [1.54, 1.807) is 24.3 Å². The maximum absolute atomic E-state index is 12.8. The third-order valence-corrected chi connectivity index (χ3v) is 6.62. The molecule has 230 valence electrons. The maximum atomic E-state index is 12.8. The van der Waals surface area contributed by atoms with E-state index in [-0.39, 0.29) is 30.0 Å². The second-order valence-corrected chi connectivity index (χ2v) is 10.0. The van der Waals surface area contributed by atoms with Crippen LogP contribution >= 0.6 is 0 Å². The van der Waals surface area contributed by atoms with Gasteiger partial charge in [-0.15, -0.1) is 0 Å². The fourth-order valence-corrected chi connectivity index (χ4v) is 4.36. The van der Waals surface area contributed by atoms with Crippen molar-refractivity contribution in [2.45, 2.75) is 51.7 Å². The number of ether oxygens (including phenoxy) is 2. The summed E-state index contributed by atoms with van der Waals surface area (Å²) in [5, 5.41) is 5.91. The smallest absolute Gasteiger partial charge is 0.422 e. The summed E-state index contributed by atoms with van der Waals surface area (Å²) in [6, 6.07) is 13.7.